The lowest BCUT2D eigenvalue weighted by Gasteiger charge is -2.03. The summed E-state index contributed by atoms with van der Waals surface area (Å²) in [4.78, 5) is 2.37. The van der Waals surface area contributed by atoms with Crippen LogP contribution in [0.2, 0.25) is 0 Å². The zero-order valence-corrected chi connectivity index (χ0v) is 13.8. The molecule has 0 bridgehead atoms. The van der Waals surface area contributed by atoms with E-state index in [1.54, 1.807) is 41.3 Å². The normalized spacial score (nSPS) is 11.7. The molecule has 6 nitrogen and oxygen atoms in total. The Morgan fingerprint density at radius 2 is 1.79 bits per heavy atom. The number of aromatic nitrogens is 2. The van der Waals surface area contributed by atoms with Crippen LogP contribution in [0.1, 0.15) is 11.1 Å². The molecule has 0 aliphatic heterocycles. The summed E-state index contributed by atoms with van der Waals surface area (Å²) >= 11 is 0. The van der Waals surface area contributed by atoms with E-state index in [2.05, 4.69) is 15.0 Å². The van der Waals surface area contributed by atoms with Gasteiger partial charge in [-0.05, 0) is 31.2 Å². The van der Waals surface area contributed by atoms with Crippen molar-refractivity contribution in [2.24, 2.45) is 5.10 Å². The van der Waals surface area contributed by atoms with Crippen molar-refractivity contribution < 1.29 is 8.42 Å². The molecule has 0 unspecified atom stereocenters. The molecule has 0 spiro atoms. The minimum Gasteiger partial charge on any atom is -0.240 e. The van der Waals surface area contributed by atoms with Crippen molar-refractivity contribution in [1.82, 2.24) is 14.6 Å². The average molecular weight is 340 g/mol. The van der Waals surface area contributed by atoms with E-state index in [0.29, 0.717) is 5.56 Å². The van der Waals surface area contributed by atoms with E-state index >= 15 is 0 Å². The van der Waals surface area contributed by atoms with E-state index in [1.807, 2.05) is 37.3 Å². The Kier molecular flexibility index (Phi) is 4.43. The van der Waals surface area contributed by atoms with Gasteiger partial charge in [0.1, 0.15) is 0 Å². The molecule has 3 rings (SSSR count). The SMILES string of the molecule is Cc1ccc(S(=O)(=O)N/N=C\c2cnn(-c3ccccc3)c2)cc1. The molecule has 0 amide bonds. The Labute approximate surface area is 140 Å². The van der Waals surface area contributed by atoms with Gasteiger partial charge in [-0.1, -0.05) is 35.9 Å². The number of hydrazone groups is 1. The number of nitrogens with zero attached hydrogens (tertiary/aromatic N) is 3. The van der Waals surface area contributed by atoms with E-state index in [1.165, 1.54) is 6.21 Å². The van der Waals surface area contributed by atoms with Gasteiger partial charge in [-0.3, -0.25) is 0 Å². The van der Waals surface area contributed by atoms with Crippen molar-refractivity contribution in [2.75, 3.05) is 0 Å². The van der Waals surface area contributed by atoms with Crippen molar-refractivity contribution in [2.45, 2.75) is 11.8 Å². The molecular formula is C17H16N4O2S. The Morgan fingerprint density at radius 3 is 2.50 bits per heavy atom. The lowest BCUT2D eigenvalue weighted by atomic mass is 10.2. The number of benzene rings is 2. The number of sulfonamides is 1. The fourth-order valence-electron chi connectivity index (χ4n) is 2.07. The summed E-state index contributed by atoms with van der Waals surface area (Å²) in [6.07, 6.45) is 4.79. The number of hydrogen-bond acceptors (Lipinski definition) is 4. The summed E-state index contributed by atoms with van der Waals surface area (Å²) in [5, 5.41) is 8.02. The Hall–Kier alpha value is -2.93. The van der Waals surface area contributed by atoms with Crippen LogP contribution < -0.4 is 4.83 Å². The molecule has 122 valence electrons. The standard InChI is InChI=1S/C17H16N4O2S/c1-14-7-9-17(10-8-14)24(22,23)20-18-11-15-12-19-21(13-15)16-5-3-2-4-6-16/h2-13,20H,1H3/b18-11-. The molecule has 0 radical (unpaired) electrons. The average Bonchev–Trinajstić information content (AvgIpc) is 3.05. The van der Waals surface area contributed by atoms with Crippen LogP contribution >= 0.6 is 0 Å². The number of rotatable bonds is 5. The fourth-order valence-corrected chi connectivity index (χ4v) is 2.86. The summed E-state index contributed by atoms with van der Waals surface area (Å²) in [6, 6.07) is 16.2. The van der Waals surface area contributed by atoms with E-state index in [9.17, 15) is 8.42 Å². The third-order valence-electron chi connectivity index (χ3n) is 3.34. The first-order valence-electron chi connectivity index (χ1n) is 7.26. The van der Waals surface area contributed by atoms with Gasteiger partial charge in [0.25, 0.3) is 10.0 Å². The van der Waals surface area contributed by atoms with Crippen LogP contribution in [0.3, 0.4) is 0 Å². The largest absolute Gasteiger partial charge is 0.276 e. The molecule has 1 N–H and O–H groups in total. The highest BCUT2D eigenvalue weighted by molar-refractivity contribution is 7.89. The van der Waals surface area contributed by atoms with Crippen molar-refractivity contribution in [1.29, 1.82) is 0 Å². The monoisotopic (exact) mass is 340 g/mol. The minimum absolute atomic E-state index is 0.172. The maximum atomic E-state index is 12.1. The van der Waals surface area contributed by atoms with Crippen LogP contribution in [0.4, 0.5) is 0 Å². The van der Waals surface area contributed by atoms with Crippen LogP contribution in [0, 0.1) is 6.92 Å². The van der Waals surface area contributed by atoms with Crippen molar-refractivity contribution in [3.8, 4) is 5.69 Å². The van der Waals surface area contributed by atoms with Gasteiger partial charge in [0.15, 0.2) is 0 Å². The summed E-state index contributed by atoms with van der Waals surface area (Å²) < 4.78 is 25.9. The molecule has 0 fully saturated rings. The van der Waals surface area contributed by atoms with E-state index < -0.39 is 10.0 Å². The number of nitrogens with one attached hydrogen (secondary N) is 1. The number of para-hydroxylation sites is 1. The molecule has 24 heavy (non-hydrogen) atoms. The van der Waals surface area contributed by atoms with E-state index in [0.717, 1.165) is 11.3 Å². The number of hydrogen-bond donors (Lipinski definition) is 1. The molecule has 0 saturated carbocycles. The van der Waals surface area contributed by atoms with Crippen molar-refractivity contribution in [3.05, 3.63) is 78.1 Å². The third kappa shape index (κ3) is 3.69. The molecule has 0 saturated heterocycles. The van der Waals surface area contributed by atoms with Crippen molar-refractivity contribution >= 4 is 16.2 Å². The predicted molar refractivity (Wildman–Crippen MR) is 92.7 cm³/mol. The predicted octanol–water partition coefficient (Wildman–Crippen LogP) is 2.49. The molecule has 1 heterocycles. The van der Waals surface area contributed by atoms with Gasteiger partial charge in [0.05, 0.1) is 23.0 Å². The second-order valence-corrected chi connectivity index (χ2v) is 6.88. The topological polar surface area (TPSA) is 76.3 Å². The van der Waals surface area contributed by atoms with E-state index in [-0.39, 0.29) is 4.90 Å². The van der Waals surface area contributed by atoms with Gasteiger partial charge in [-0.2, -0.15) is 18.6 Å². The molecule has 1 aromatic heterocycles. The molecule has 0 aliphatic carbocycles. The van der Waals surface area contributed by atoms with Gasteiger partial charge >= 0.3 is 0 Å². The Balaban J connectivity index is 1.70. The quantitative estimate of drug-likeness (QED) is 0.573. The van der Waals surface area contributed by atoms with E-state index in [4.69, 9.17) is 0 Å². The number of aryl methyl sites for hydroxylation is 1. The second kappa shape index (κ2) is 6.67. The highest BCUT2D eigenvalue weighted by Crippen LogP contribution is 2.10. The van der Waals surface area contributed by atoms with Crippen LogP contribution in [-0.2, 0) is 10.0 Å². The maximum absolute atomic E-state index is 12.1. The lowest BCUT2D eigenvalue weighted by Crippen LogP contribution is -2.18. The van der Waals surface area contributed by atoms with Crippen molar-refractivity contribution in [3.63, 3.8) is 0 Å². The molecule has 7 heteroatoms. The Morgan fingerprint density at radius 1 is 1.08 bits per heavy atom. The molecule has 0 aliphatic rings. The summed E-state index contributed by atoms with van der Waals surface area (Å²) in [5.41, 5.74) is 2.59. The first kappa shape index (κ1) is 15.9. The van der Waals surface area contributed by atoms with Crippen LogP contribution in [-0.4, -0.2) is 24.4 Å². The fraction of sp³-hybridized carbons (Fsp3) is 0.0588. The van der Waals surface area contributed by atoms with Crippen LogP contribution in [0.15, 0.2) is 77.0 Å². The van der Waals surface area contributed by atoms with Crippen LogP contribution in [0.5, 0.6) is 0 Å². The molecule has 3 aromatic rings. The second-order valence-electron chi connectivity index (χ2n) is 5.22. The molecule has 0 atom stereocenters. The highest BCUT2D eigenvalue weighted by atomic mass is 32.2. The van der Waals surface area contributed by atoms with Gasteiger partial charge in [-0.15, -0.1) is 0 Å². The minimum atomic E-state index is -3.67. The third-order valence-corrected chi connectivity index (χ3v) is 4.58. The molecular weight excluding hydrogens is 324 g/mol. The smallest absolute Gasteiger partial charge is 0.240 e. The van der Waals surface area contributed by atoms with Gasteiger partial charge in [-0.25, -0.2) is 9.51 Å². The molecule has 2 aromatic carbocycles. The summed E-state index contributed by atoms with van der Waals surface area (Å²) in [5.74, 6) is 0. The zero-order chi connectivity index (χ0) is 17.0. The maximum Gasteiger partial charge on any atom is 0.276 e. The van der Waals surface area contributed by atoms with Gasteiger partial charge < -0.3 is 0 Å². The summed E-state index contributed by atoms with van der Waals surface area (Å²) in [7, 11) is -3.67. The zero-order valence-electron chi connectivity index (χ0n) is 13.0. The highest BCUT2D eigenvalue weighted by Gasteiger charge is 2.11. The first-order chi connectivity index (χ1) is 11.5. The van der Waals surface area contributed by atoms with Crippen LogP contribution in [0.25, 0.3) is 5.69 Å². The first-order valence-corrected chi connectivity index (χ1v) is 8.74. The Bertz CT molecular complexity index is 946. The van der Waals surface area contributed by atoms with Gasteiger partial charge in [0.2, 0.25) is 0 Å². The summed E-state index contributed by atoms with van der Waals surface area (Å²) in [6.45, 7) is 1.90. The lowest BCUT2D eigenvalue weighted by molar-refractivity contribution is 0.584. The van der Waals surface area contributed by atoms with Gasteiger partial charge in [0, 0.05) is 11.8 Å².